The first-order chi connectivity index (χ1) is 16.4. The number of alkyl carbamates (subject to hydrolysis) is 1. The van der Waals surface area contributed by atoms with Gasteiger partial charge in [0.2, 0.25) is 0 Å². The van der Waals surface area contributed by atoms with Crippen molar-refractivity contribution in [2.24, 2.45) is 0 Å². The first-order valence-corrected chi connectivity index (χ1v) is 11.6. The number of rotatable bonds is 8. The highest BCUT2D eigenvalue weighted by Gasteiger charge is 2.42. The van der Waals surface area contributed by atoms with E-state index in [0.29, 0.717) is 19.5 Å². The second-order valence-corrected chi connectivity index (χ2v) is 8.64. The zero-order valence-corrected chi connectivity index (χ0v) is 19.5. The van der Waals surface area contributed by atoms with Gasteiger partial charge in [-0.2, -0.15) is 5.10 Å². The number of nitrogens with zero attached hydrogens (tertiary/aromatic N) is 4. The van der Waals surface area contributed by atoms with Crippen LogP contribution in [0, 0.1) is 0 Å². The van der Waals surface area contributed by atoms with Crippen molar-refractivity contribution < 1.29 is 29.0 Å². The fraction of sp³-hybridized carbons (Fsp3) is 0.565. The van der Waals surface area contributed by atoms with E-state index in [1.807, 2.05) is 40.8 Å². The molecule has 1 aromatic carbocycles. The van der Waals surface area contributed by atoms with Crippen molar-refractivity contribution in [1.29, 1.82) is 0 Å². The standard InChI is InChI=1S/C23H31N5O6/c1-15(28(16-8-9-16)21(29)19-14-26(23(31)32)12-13-34-19)20-17-6-3-4-7-18(17)27(25-20)11-5-10-24-22(30)33-2/h3-4,6-7,15-16,19H,5,8-14H2,1-2H3,(H,24,30)(H,31,32)/t15?,19-/m1/s1. The predicted octanol–water partition coefficient (Wildman–Crippen LogP) is 2.21. The molecule has 1 aliphatic carbocycles. The number of carboxylic acid groups (broad SMARTS) is 1. The molecule has 2 aromatic rings. The van der Waals surface area contributed by atoms with E-state index in [0.717, 1.165) is 29.4 Å². The van der Waals surface area contributed by atoms with E-state index in [1.54, 1.807) is 0 Å². The van der Waals surface area contributed by atoms with Crippen molar-refractivity contribution in [2.45, 2.75) is 50.9 Å². The molecule has 0 bridgehead atoms. The van der Waals surface area contributed by atoms with Crippen molar-refractivity contribution in [3.05, 3.63) is 30.0 Å². The number of methoxy groups -OCH3 is 1. The van der Waals surface area contributed by atoms with Crippen molar-refractivity contribution in [3.8, 4) is 0 Å². The maximum atomic E-state index is 13.5. The monoisotopic (exact) mass is 473 g/mol. The quantitative estimate of drug-likeness (QED) is 0.563. The van der Waals surface area contributed by atoms with Crippen LogP contribution in [-0.4, -0.2) is 88.3 Å². The molecule has 2 atom stereocenters. The summed E-state index contributed by atoms with van der Waals surface area (Å²) in [5.41, 5.74) is 1.75. The van der Waals surface area contributed by atoms with Crippen molar-refractivity contribution in [3.63, 3.8) is 0 Å². The van der Waals surface area contributed by atoms with Gasteiger partial charge in [-0.05, 0) is 32.3 Å². The molecule has 1 aliphatic heterocycles. The number of morpholine rings is 1. The van der Waals surface area contributed by atoms with Gasteiger partial charge >= 0.3 is 12.2 Å². The van der Waals surface area contributed by atoms with Gasteiger partial charge in [-0.25, -0.2) is 9.59 Å². The molecule has 4 rings (SSSR count). The third kappa shape index (κ3) is 5.09. The van der Waals surface area contributed by atoms with E-state index >= 15 is 0 Å². The molecular formula is C23H31N5O6. The first-order valence-electron chi connectivity index (χ1n) is 11.6. The lowest BCUT2D eigenvalue weighted by Gasteiger charge is -2.36. The Kier molecular flexibility index (Phi) is 7.20. The summed E-state index contributed by atoms with van der Waals surface area (Å²) in [5, 5.41) is 17.8. The molecule has 2 fully saturated rings. The van der Waals surface area contributed by atoms with Crippen LogP contribution in [0.4, 0.5) is 9.59 Å². The van der Waals surface area contributed by atoms with E-state index in [2.05, 4.69) is 10.1 Å². The maximum absolute atomic E-state index is 13.5. The fourth-order valence-corrected chi connectivity index (χ4v) is 4.43. The average Bonchev–Trinajstić information content (AvgIpc) is 3.62. The SMILES string of the molecule is COC(=O)NCCCn1nc(C(C)N(C(=O)[C@H]2CN(C(=O)O)CCO2)C2CC2)c2ccccc21. The summed E-state index contributed by atoms with van der Waals surface area (Å²) in [6.07, 6.45) is 0.154. The van der Waals surface area contributed by atoms with Crippen LogP contribution in [-0.2, 0) is 20.8 Å². The van der Waals surface area contributed by atoms with Crippen LogP contribution in [0.25, 0.3) is 10.9 Å². The van der Waals surface area contributed by atoms with Crippen LogP contribution in [0.15, 0.2) is 24.3 Å². The van der Waals surface area contributed by atoms with Crippen molar-refractivity contribution in [1.82, 2.24) is 24.9 Å². The first kappa shape index (κ1) is 23.8. The number of para-hydroxylation sites is 1. The summed E-state index contributed by atoms with van der Waals surface area (Å²) < 4.78 is 12.2. The molecule has 1 saturated carbocycles. The third-order valence-corrected chi connectivity index (χ3v) is 6.31. The summed E-state index contributed by atoms with van der Waals surface area (Å²) in [6.45, 7) is 3.51. The maximum Gasteiger partial charge on any atom is 0.407 e. The Balaban J connectivity index is 1.54. The highest BCUT2D eigenvalue weighted by molar-refractivity contribution is 5.86. The summed E-state index contributed by atoms with van der Waals surface area (Å²) >= 11 is 0. The Bertz CT molecular complexity index is 1050. The minimum absolute atomic E-state index is 0.0342. The van der Waals surface area contributed by atoms with E-state index < -0.39 is 18.3 Å². The van der Waals surface area contributed by atoms with E-state index in [-0.39, 0.29) is 37.7 Å². The molecule has 11 heteroatoms. The lowest BCUT2D eigenvalue weighted by Crippen LogP contribution is -2.53. The molecule has 184 valence electrons. The Labute approximate surface area is 197 Å². The highest BCUT2D eigenvalue weighted by Crippen LogP contribution is 2.37. The predicted molar refractivity (Wildman–Crippen MR) is 122 cm³/mol. The minimum atomic E-state index is -1.04. The fourth-order valence-electron chi connectivity index (χ4n) is 4.43. The van der Waals surface area contributed by atoms with Crippen LogP contribution < -0.4 is 5.32 Å². The number of amides is 3. The molecule has 1 aromatic heterocycles. The van der Waals surface area contributed by atoms with Gasteiger partial charge in [0.25, 0.3) is 5.91 Å². The highest BCUT2D eigenvalue weighted by atomic mass is 16.5. The van der Waals surface area contributed by atoms with Gasteiger partial charge in [0.15, 0.2) is 6.10 Å². The number of fused-ring (bicyclic) bond motifs is 1. The van der Waals surface area contributed by atoms with Gasteiger partial charge < -0.3 is 29.7 Å². The van der Waals surface area contributed by atoms with Gasteiger partial charge in [-0.1, -0.05) is 18.2 Å². The van der Waals surface area contributed by atoms with Crippen molar-refractivity contribution >= 4 is 29.0 Å². The van der Waals surface area contributed by atoms with Crippen LogP contribution in [0.3, 0.4) is 0 Å². The molecule has 11 nitrogen and oxygen atoms in total. The molecule has 2 heterocycles. The summed E-state index contributed by atoms with van der Waals surface area (Å²) in [6, 6.07) is 7.67. The Hall–Kier alpha value is -3.34. The summed E-state index contributed by atoms with van der Waals surface area (Å²) in [7, 11) is 1.33. The Morgan fingerprint density at radius 3 is 2.79 bits per heavy atom. The summed E-state index contributed by atoms with van der Waals surface area (Å²) in [4.78, 5) is 39.3. The molecule has 0 spiro atoms. The molecule has 2 aliphatic rings. The molecule has 1 unspecified atom stereocenters. The minimum Gasteiger partial charge on any atom is -0.465 e. The van der Waals surface area contributed by atoms with Gasteiger partial charge in [0.1, 0.15) is 0 Å². The van der Waals surface area contributed by atoms with Gasteiger partial charge in [-0.3, -0.25) is 9.48 Å². The topological polar surface area (TPSA) is 126 Å². The lowest BCUT2D eigenvalue weighted by molar-refractivity contribution is -0.151. The average molecular weight is 474 g/mol. The van der Waals surface area contributed by atoms with E-state index in [1.165, 1.54) is 12.0 Å². The van der Waals surface area contributed by atoms with E-state index in [4.69, 9.17) is 9.84 Å². The number of carbonyl (C=O) groups is 3. The molecule has 34 heavy (non-hydrogen) atoms. The number of hydrogen-bond acceptors (Lipinski definition) is 6. The van der Waals surface area contributed by atoms with Crippen LogP contribution >= 0.6 is 0 Å². The molecular weight excluding hydrogens is 442 g/mol. The Morgan fingerprint density at radius 2 is 2.09 bits per heavy atom. The van der Waals surface area contributed by atoms with E-state index in [9.17, 15) is 19.5 Å². The number of benzene rings is 1. The van der Waals surface area contributed by atoms with Gasteiger partial charge in [0, 0.05) is 31.1 Å². The summed E-state index contributed by atoms with van der Waals surface area (Å²) in [5.74, 6) is -0.193. The number of aromatic nitrogens is 2. The third-order valence-electron chi connectivity index (χ3n) is 6.31. The number of ether oxygens (including phenoxy) is 2. The second kappa shape index (κ2) is 10.3. The Morgan fingerprint density at radius 1 is 1.32 bits per heavy atom. The van der Waals surface area contributed by atoms with Gasteiger partial charge in [-0.15, -0.1) is 0 Å². The van der Waals surface area contributed by atoms with Crippen LogP contribution in [0.1, 0.15) is 37.9 Å². The lowest BCUT2D eigenvalue weighted by atomic mass is 10.1. The zero-order chi connectivity index (χ0) is 24.2. The normalized spacial score (nSPS) is 19.0. The van der Waals surface area contributed by atoms with Crippen LogP contribution in [0.2, 0.25) is 0 Å². The number of carbonyl (C=O) groups excluding carboxylic acids is 2. The zero-order valence-electron chi connectivity index (χ0n) is 19.5. The molecule has 3 amide bonds. The second-order valence-electron chi connectivity index (χ2n) is 8.64. The van der Waals surface area contributed by atoms with Crippen molar-refractivity contribution in [2.75, 3.05) is 33.4 Å². The number of hydrogen-bond donors (Lipinski definition) is 2. The molecule has 0 radical (unpaired) electrons. The number of aryl methyl sites for hydroxylation is 1. The smallest absolute Gasteiger partial charge is 0.407 e. The molecule has 1 saturated heterocycles. The number of nitrogens with one attached hydrogen (secondary N) is 1. The largest absolute Gasteiger partial charge is 0.465 e. The van der Waals surface area contributed by atoms with Crippen LogP contribution in [0.5, 0.6) is 0 Å². The molecule has 2 N–H and O–H groups in total. The van der Waals surface area contributed by atoms with Gasteiger partial charge in [0.05, 0.1) is 37.5 Å².